The maximum Gasteiger partial charge on any atom is 0.180 e. The zero-order chi connectivity index (χ0) is 14.7. The molecule has 3 rings (SSSR count). The highest BCUT2D eigenvalue weighted by molar-refractivity contribution is 7.12. The fourth-order valence-corrected chi connectivity index (χ4v) is 4.26. The van der Waals surface area contributed by atoms with Crippen molar-refractivity contribution in [3.05, 3.63) is 67.2 Å². The molecule has 0 aliphatic rings. The van der Waals surface area contributed by atoms with Gasteiger partial charge in [-0.25, -0.2) is 0 Å². The Bertz CT molecular complexity index is 710. The summed E-state index contributed by atoms with van der Waals surface area (Å²) in [7, 11) is 0. The third-order valence-corrected chi connectivity index (χ3v) is 5.71. The summed E-state index contributed by atoms with van der Waals surface area (Å²) in [5.74, 6) is -0.316. The minimum Gasteiger partial charge on any atom is -0.293 e. The van der Waals surface area contributed by atoms with Gasteiger partial charge < -0.3 is 0 Å². The molecule has 0 amide bonds. The van der Waals surface area contributed by atoms with Crippen LogP contribution in [0.5, 0.6) is 0 Å². The van der Waals surface area contributed by atoms with E-state index >= 15 is 0 Å². The number of carbonyl (C=O) groups is 2. The molecule has 5 heteroatoms. The molecule has 0 aliphatic heterocycles. The van der Waals surface area contributed by atoms with E-state index in [-0.39, 0.29) is 23.9 Å². The first-order valence-corrected chi connectivity index (χ1v) is 9.12. The Morgan fingerprint density at radius 1 is 0.952 bits per heavy atom. The van der Waals surface area contributed by atoms with E-state index in [4.69, 9.17) is 0 Å². The molecule has 0 unspecified atom stereocenters. The van der Waals surface area contributed by atoms with Crippen LogP contribution >= 0.6 is 34.0 Å². The van der Waals surface area contributed by atoms with Gasteiger partial charge in [-0.1, -0.05) is 12.1 Å². The summed E-state index contributed by atoms with van der Waals surface area (Å²) < 4.78 is 0. The summed E-state index contributed by atoms with van der Waals surface area (Å²) in [6.45, 7) is 0. The summed E-state index contributed by atoms with van der Waals surface area (Å²) in [4.78, 5) is 26.5. The van der Waals surface area contributed by atoms with Crippen LogP contribution in [0.4, 0.5) is 0 Å². The molecule has 0 aliphatic carbocycles. The lowest BCUT2D eigenvalue weighted by Gasteiger charge is -2.12. The molecule has 106 valence electrons. The Labute approximate surface area is 134 Å². The van der Waals surface area contributed by atoms with Crippen molar-refractivity contribution in [3.63, 3.8) is 0 Å². The first-order chi connectivity index (χ1) is 10.3. The third-order valence-electron chi connectivity index (χ3n) is 3.21. The second-order valence-electron chi connectivity index (χ2n) is 4.56. The van der Waals surface area contributed by atoms with E-state index in [1.807, 2.05) is 51.9 Å². The summed E-state index contributed by atoms with van der Waals surface area (Å²) in [6.07, 6.45) is 0.230. The van der Waals surface area contributed by atoms with Gasteiger partial charge in [0.15, 0.2) is 11.6 Å². The van der Waals surface area contributed by atoms with Crippen LogP contribution < -0.4 is 0 Å². The number of hydrogen-bond acceptors (Lipinski definition) is 5. The molecule has 1 atom stereocenters. The number of carbonyl (C=O) groups excluding carboxylic acids is 2. The van der Waals surface area contributed by atoms with Gasteiger partial charge in [-0.05, 0) is 45.3 Å². The Balaban J connectivity index is 1.87. The molecule has 0 bridgehead atoms. The maximum absolute atomic E-state index is 12.7. The van der Waals surface area contributed by atoms with Crippen molar-refractivity contribution in [3.8, 4) is 0 Å². The summed E-state index contributed by atoms with van der Waals surface area (Å²) in [5.41, 5.74) is 0.934. The number of thiophene rings is 3. The van der Waals surface area contributed by atoms with E-state index in [1.165, 1.54) is 22.7 Å². The SMILES string of the molecule is O=C(C[C@@H](C(=O)c1cccs1)c1ccsc1)c1cccs1. The summed E-state index contributed by atoms with van der Waals surface area (Å²) in [5, 5.41) is 7.67. The van der Waals surface area contributed by atoms with Crippen LogP contribution in [0.3, 0.4) is 0 Å². The van der Waals surface area contributed by atoms with E-state index in [1.54, 1.807) is 11.3 Å². The monoisotopic (exact) mass is 332 g/mol. The molecule has 3 aromatic rings. The van der Waals surface area contributed by atoms with Gasteiger partial charge in [-0.15, -0.1) is 22.7 Å². The molecule has 3 heterocycles. The van der Waals surface area contributed by atoms with Crippen molar-refractivity contribution in [2.75, 3.05) is 0 Å². The van der Waals surface area contributed by atoms with Crippen molar-refractivity contribution in [2.24, 2.45) is 0 Å². The van der Waals surface area contributed by atoms with Crippen LogP contribution in [0, 0.1) is 0 Å². The second kappa shape index (κ2) is 6.47. The highest BCUT2D eigenvalue weighted by atomic mass is 32.1. The summed E-state index contributed by atoms with van der Waals surface area (Å²) >= 11 is 4.40. The van der Waals surface area contributed by atoms with Gasteiger partial charge in [0.1, 0.15) is 0 Å². The fourth-order valence-electron chi connectivity index (χ4n) is 2.15. The van der Waals surface area contributed by atoms with Crippen molar-refractivity contribution in [1.29, 1.82) is 0 Å². The molecule has 3 aromatic heterocycles. The lowest BCUT2D eigenvalue weighted by atomic mass is 9.90. The van der Waals surface area contributed by atoms with Crippen molar-refractivity contribution in [1.82, 2.24) is 0 Å². The molecule has 0 fully saturated rings. The average Bonchev–Trinajstić information content (AvgIpc) is 3.27. The highest BCUT2D eigenvalue weighted by Gasteiger charge is 2.26. The topological polar surface area (TPSA) is 34.1 Å². The molecule has 0 spiro atoms. The lowest BCUT2D eigenvalue weighted by Crippen LogP contribution is -2.15. The Morgan fingerprint density at radius 2 is 1.67 bits per heavy atom. The van der Waals surface area contributed by atoms with Crippen molar-refractivity contribution < 1.29 is 9.59 Å². The smallest absolute Gasteiger partial charge is 0.180 e. The Morgan fingerprint density at radius 3 is 2.24 bits per heavy atom. The Hall–Kier alpha value is -1.56. The molecular formula is C16H12O2S3. The zero-order valence-corrected chi connectivity index (χ0v) is 13.5. The second-order valence-corrected chi connectivity index (χ2v) is 7.23. The Kier molecular flexibility index (Phi) is 4.43. The molecular weight excluding hydrogens is 320 g/mol. The molecule has 0 aromatic carbocycles. The fraction of sp³-hybridized carbons (Fsp3) is 0.125. The number of hydrogen-bond donors (Lipinski definition) is 0. The first kappa shape index (κ1) is 14.4. The number of ketones is 2. The quantitative estimate of drug-likeness (QED) is 0.588. The van der Waals surface area contributed by atoms with E-state index in [2.05, 4.69) is 0 Å². The predicted molar refractivity (Wildman–Crippen MR) is 89.0 cm³/mol. The van der Waals surface area contributed by atoms with Crippen LogP contribution in [-0.4, -0.2) is 11.6 Å². The molecule has 0 saturated heterocycles. The average molecular weight is 332 g/mol. The molecule has 0 radical (unpaired) electrons. The zero-order valence-electron chi connectivity index (χ0n) is 11.0. The van der Waals surface area contributed by atoms with Crippen LogP contribution in [-0.2, 0) is 0 Å². The van der Waals surface area contributed by atoms with Gasteiger partial charge in [-0.3, -0.25) is 9.59 Å². The van der Waals surface area contributed by atoms with Gasteiger partial charge in [0.05, 0.1) is 15.7 Å². The molecule has 21 heavy (non-hydrogen) atoms. The molecule has 0 saturated carbocycles. The van der Waals surface area contributed by atoms with E-state index in [0.29, 0.717) is 9.75 Å². The van der Waals surface area contributed by atoms with Gasteiger partial charge in [0, 0.05) is 6.42 Å². The van der Waals surface area contributed by atoms with Crippen molar-refractivity contribution in [2.45, 2.75) is 12.3 Å². The van der Waals surface area contributed by atoms with E-state index in [0.717, 1.165) is 5.56 Å². The van der Waals surface area contributed by atoms with E-state index < -0.39 is 0 Å². The van der Waals surface area contributed by atoms with Gasteiger partial charge >= 0.3 is 0 Å². The third kappa shape index (κ3) is 3.20. The summed E-state index contributed by atoms with van der Waals surface area (Å²) in [6, 6.07) is 9.29. The first-order valence-electron chi connectivity index (χ1n) is 6.42. The number of Topliss-reactive ketones (excluding diaryl/α,β-unsaturated/α-hetero) is 2. The van der Waals surface area contributed by atoms with Crippen LogP contribution in [0.2, 0.25) is 0 Å². The number of rotatable bonds is 6. The maximum atomic E-state index is 12.7. The standard InChI is InChI=1S/C16H12O2S3/c17-13(14-3-1-6-20-14)9-12(11-5-8-19-10-11)16(18)15-4-2-7-21-15/h1-8,10,12H,9H2/t12-/m1/s1. The lowest BCUT2D eigenvalue weighted by molar-refractivity contribution is 0.0898. The van der Waals surface area contributed by atoms with Crippen LogP contribution in [0.25, 0.3) is 0 Å². The molecule has 2 nitrogen and oxygen atoms in total. The van der Waals surface area contributed by atoms with Gasteiger partial charge in [-0.2, -0.15) is 11.3 Å². The van der Waals surface area contributed by atoms with Crippen LogP contribution in [0.1, 0.15) is 37.2 Å². The van der Waals surface area contributed by atoms with Crippen LogP contribution in [0.15, 0.2) is 51.9 Å². The largest absolute Gasteiger partial charge is 0.293 e. The highest BCUT2D eigenvalue weighted by Crippen LogP contribution is 2.30. The van der Waals surface area contributed by atoms with Crippen molar-refractivity contribution >= 4 is 45.6 Å². The normalized spacial score (nSPS) is 12.2. The minimum atomic E-state index is -0.385. The predicted octanol–water partition coefficient (Wildman–Crippen LogP) is 5.11. The minimum absolute atomic E-state index is 0.0334. The van der Waals surface area contributed by atoms with E-state index in [9.17, 15) is 9.59 Å². The van der Waals surface area contributed by atoms with Gasteiger partial charge in [0.2, 0.25) is 0 Å². The van der Waals surface area contributed by atoms with Gasteiger partial charge in [0.25, 0.3) is 0 Å². The molecule has 0 N–H and O–H groups in total.